The van der Waals surface area contributed by atoms with Gasteiger partial charge in [0.05, 0.1) is 5.41 Å². The van der Waals surface area contributed by atoms with Gasteiger partial charge in [-0.2, -0.15) is 0 Å². The monoisotopic (exact) mass is 296 g/mol. The van der Waals surface area contributed by atoms with Gasteiger partial charge < -0.3 is 15.3 Å². The molecule has 1 saturated carbocycles. The van der Waals surface area contributed by atoms with Gasteiger partial charge in [-0.25, -0.2) is 4.79 Å². The third kappa shape index (κ3) is 3.33. The summed E-state index contributed by atoms with van der Waals surface area (Å²) in [7, 11) is 0. The highest BCUT2D eigenvalue weighted by molar-refractivity contribution is 5.78. The molecule has 2 amide bonds. The molecule has 120 valence electrons. The summed E-state index contributed by atoms with van der Waals surface area (Å²) in [6.45, 7) is 7.44. The molecule has 0 aromatic carbocycles. The Kier molecular flexibility index (Phi) is 4.79. The van der Waals surface area contributed by atoms with Gasteiger partial charge in [0.15, 0.2) is 0 Å². The summed E-state index contributed by atoms with van der Waals surface area (Å²) < 4.78 is 0. The molecular formula is C16H28N2O3. The zero-order valence-corrected chi connectivity index (χ0v) is 13.4. The second-order valence-corrected chi connectivity index (χ2v) is 7.16. The van der Waals surface area contributed by atoms with Crippen LogP contribution >= 0.6 is 0 Å². The van der Waals surface area contributed by atoms with Crippen LogP contribution in [-0.4, -0.2) is 41.1 Å². The molecule has 1 aliphatic carbocycles. The van der Waals surface area contributed by atoms with Crippen LogP contribution in [0.3, 0.4) is 0 Å². The van der Waals surface area contributed by atoms with E-state index in [1.165, 1.54) is 0 Å². The maximum absolute atomic E-state index is 12.4. The highest BCUT2D eigenvalue weighted by Crippen LogP contribution is 2.38. The minimum absolute atomic E-state index is 0.103. The molecule has 2 N–H and O–H groups in total. The van der Waals surface area contributed by atoms with E-state index in [0.717, 1.165) is 25.8 Å². The van der Waals surface area contributed by atoms with Gasteiger partial charge in [-0.05, 0) is 38.0 Å². The number of carboxylic acid groups (broad SMARTS) is 1. The Balaban J connectivity index is 1.96. The van der Waals surface area contributed by atoms with E-state index >= 15 is 0 Å². The van der Waals surface area contributed by atoms with Gasteiger partial charge in [-0.3, -0.25) is 4.79 Å². The van der Waals surface area contributed by atoms with Crippen molar-refractivity contribution >= 4 is 12.0 Å². The fourth-order valence-electron chi connectivity index (χ4n) is 3.85. The van der Waals surface area contributed by atoms with Gasteiger partial charge in [0.1, 0.15) is 0 Å². The van der Waals surface area contributed by atoms with Crippen molar-refractivity contribution in [1.29, 1.82) is 0 Å². The largest absolute Gasteiger partial charge is 0.481 e. The van der Waals surface area contributed by atoms with Gasteiger partial charge in [-0.15, -0.1) is 0 Å². The third-order valence-corrected chi connectivity index (χ3v) is 5.45. The number of rotatable bonds is 3. The van der Waals surface area contributed by atoms with Crippen molar-refractivity contribution in [3.05, 3.63) is 0 Å². The molecule has 5 heteroatoms. The maximum Gasteiger partial charge on any atom is 0.317 e. The number of piperidine rings is 1. The number of aliphatic carboxylic acids is 1. The van der Waals surface area contributed by atoms with E-state index in [1.807, 2.05) is 4.90 Å². The van der Waals surface area contributed by atoms with Crippen molar-refractivity contribution in [2.75, 3.05) is 13.1 Å². The number of likely N-dealkylation sites (tertiary alicyclic amines) is 1. The first-order valence-electron chi connectivity index (χ1n) is 8.13. The van der Waals surface area contributed by atoms with Gasteiger partial charge in [0.25, 0.3) is 0 Å². The third-order valence-electron chi connectivity index (χ3n) is 5.45. The highest BCUT2D eigenvalue weighted by atomic mass is 16.4. The van der Waals surface area contributed by atoms with E-state index in [2.05, 4.69) is 26.1 Å². The second kappa shape index (κ2) is 6.24. The lowest BCUT2D eigenvalue weighted by Crippen LogP contribution is -2.54. The van der Waals surface area contributed by atoms with Crippen LogP contribution in [0.25, 0.3) is 0 Å². The average Bonchev–Trinajstić information content (AvgIpc) is 2.90. The van der Waals surface area contributed by atoms with Crippen LogP contribution in [-0.2, 0) is 4.79 Å². The quantitative estimate of drug-likeness (QED) is 0.841. The van der Waals surface area contributed by atoms with Gasteiger partial charge in [0.2, 0.25) is 0 Å². The lowest BCUT2D eigenvalue weighted by molar-refractivity contribution is -0.148. The molecule has 1 aliphatic heterocycles. The van der Waals surface area contributed by atoms with E-state index in [4.69, 9.17) is 0 Å². The lowest BCUT2D eigenvalue weighted by Gasteiger charge is -2.41. The Morgan fingerprint density at radius 3 is 2.43 bits per heavy atom. The molecule has 0 aromatic heterocycles. The molecule has 2 rings (SSSR count). The number of nitrogens with zero attached hydrogens (tertiary/aromatic N) is 1. The summed E-state index contributed by atoms with van der Waals surface area (Å²) in [6, 6.07) is 0.110. The fourth-order valence-corrected chi connectivity index (χ4v) is 3.85. The van der Waals surface area contributed by atoms with Crippen LogP contribution in [0, 0.1) is 17.3 Å². The second-order valence-electron chi connectivity index (χ2n) is 7.16. The molecule has 0 radical (unpaired) electrons. The SMILES string of the molecule is CC1CC(C)C(C)N(C(=O)NCC2(C(=O)O)CCCC2)C1. The first kappa shape index (κ1) is 16.1. The number of carbonyl (C=O) groups is 2. The molecule has 5 nitrogen and oxygen atoms in total. The summed E-state index contributed by atoms with van der Waals surface area (Å²) in [5, 5.41) is 12.4. The summed E-state index contributed by atoms with van der Waals surface area (Å²) in [5.41, 5.74) is -0.744. The molecule has 1 saturated heterocycles. The standard InChI is InChI=1S/C16H28N2O3/c1-11-8-12(2)13(3)18(9-11)15(21)17-10-16(14(19)20)6-4-5-7-16/h11-13H,4-10H2,1-3H3,(H,17,21)(H,19,20). The number of carbonyl (C=O) groups excluding carboxylic acids is 1. The number of hydrogen-bond acceptors (Lipinski definition) is 2. The Labute approximate surface area is 127 Å². The van der Waals surface area contributed by atoms with Crippen LogP contribution in [0.2, 0.25) is 0 Å². The van der Waals surface area contributed by atoms with E-state index in [0.29, 0.717) is 24.7 Å². The molecule has 3 atom stereocenters. The van der Waals surface area contributed by atoms with Gasteiger partial charge in [0, 0.05) is 19.1 Å². The zero-order valence-electron chi connectivity index (χ0n) is 13.4. The van der Waals surface area contributed by atoms with Crippen LogP contribution in [0.15, 0.2) is 0 Å². The molecule has 0 bridgehead atoms. The smallest absolute Gasteiger partial charge is 0.317 e. The van der Waals surface area contributed by atoms with Crippen molar-refractivity contribution < 1.29 is 14.7 Å². The van der Waals surface area contributed by atoms with Crippen LogP contribution in [0.4, 0.5) is 4.79 Å². The number of nitrogens with one attached hydrogen (secondary N) is 1. The Hall–Kier alpha value is -1.26. The molecule has 3 unspecified atom stereocenters. The highest BCUT2D eigenvalue weighted by Gasteiger charge is 2.42. The molecule has 1 heterocycles. The number of urea groups is 1. The van der Waals surface area contributed by atoms with Gasteiger partial charge in [-0.1, -0.05) is 26.7 Å². The fraction of sp³-hybridized carbons (Fsp3) is 0.875. The van der Waals surface area contributed by atoms with E-state index in [1.54, 1.807) is 0 Å². The molecular weight excluding hydrogens is 268 g/mol. The Morgan fingerprint density at radius 2 is 1.86 bits per heavy atom. The van der Waals surface area contributed by atoms with Gasteiger partial charge >= 0.3 is 12.0 Å². The van der Waals surface area contributed by atoms with E-state index in [9.17, 15) is 14.7 Å². The maximum atomic E-state index is 12.4. The minimum Gasteiger partial charge on any atom is -0.481 e. The zero-order chi connectivity index (χ0) is 15.6. The topological polar surface area (TPSA) is 69.6 Å². The van der Waals surface area contributed by atoms with Crippen LogP contribution in [0.5, 0.6) is 0 Å². The van der Waals surface area contributed by atoms with Crippen molar-refractivity contribution in [3.8, 4) is 0 Å². The summed E-state index contributed by atoms with van der Waals surface area (Å²) >= 11 is 0. The minimum atomic E-state index is -0.770. The normalized spacial score (nSPS) is 32.0. The summed E-state index contributed by atoms with van der Waals surface area (Å²) in [4.78, 5) is 25.8. The first-order valence-corrected chi connectivity index (χ1v) is 8.13. The van der Waals surface area contributed by atoms with Crippen molar-refractivity contribution in [3.63, 3.8) is 0 Å². The molecule has 0 spiro atoms. The number of carboxylic acids is 1. The number of amides is 2. The summed E-state index contributed by atoms with van der Waals surface area (Å²) in [6.07, 6.45) is 4.37. The average molecular weight is 296 g/mol. The van der Waals surface area contributed by atoms with Crippen LogP contribution < -0.4 is 5.32 Å². The number of hydrogen-bond donors (Lipinski definition) is 2. The lowest BCUT2D eigenvalue weighted by atomic mass is 9.85. The predicted molar refractivity (Wildman–Crippen MR) is 81.0 cm³/mol. The molecule has 2 fully saturated rings. The first-order chi connectivity index (χ1) is 9.85. The Bertz CT molecular complexity index is 404. The summed E-state index contributed by atoms with van der Waals surface area (Å²) in [5.74, 6) is 0.218. The van der Waals surface area contributed by atoms with Crippen molar-refractivity contribution in [2.45, 2.75) is 58.9 Å². The predicted octanol–water partition coefficient (Wildman–Crippen LogP) is 2.71. The molecule has 21 heavy (non-hydrogen) atoms. The van der Waals surface area contributed by atoms with E-state index < -0.39 is 11.4 Å². The Morgan fingerprint density at radius 1 is 1.24 bits per heavy atom. The molecule has 2 aliphatic rings. The van der Waals surface area contributed by atoms with Crippen LogP contribution in [0.1, 0.15) is 52.9 Å². The van der Waals surface area contributed by atoms with Crippen molar-refractivity contribution in [2.24, 2.45) is 17.3 Å². The van der Waals surface area contributed by atoms with E-state index in [-0.39, 0.29) is 18.6 Å². The molecule has 0 aromatic rings. The van der Waals surface area contributed by atoms with Crippen molar-refractivity contribution in [1.82, 2.24) is 10.2 Å².